The Morgan fingerprint density at radius 2 is 1.97 bits per heavy atom. The van der Waals surface area contributed by atoms with E-state index in [0.717, 1.165) is 56.9 Å². The van der Waals surface area contributed by atoms with Gasteiger partial charge in [0.25, 0.3) is 0 Å². The van der Waals surface area contributed by atoms with E-state index in [2.05, 4.69) is 32.7 Å². The Labute approximate surface area is 192 Å². The van der Waals surface area contributed by atoms with Gasteiger partial charge in [0, 0.05) is 19.1 Å². The molecule has 1 aliphatic heterocycles. The van der Waals surface area contributed by atoms with Gasteiger partial charge in [-0.15, -0.1) is 10.2 Å². The standard InChI is InChI=1S/C22H32N6O3S/c1-16-8-3-4-10-18(16)23-20(30)24-19(29)15-32-22-26-25-21(27-11-5-2-6-12-27)28(22)14-17-9-7-13-31-17/h7,9,13,16,18H,2-6,8,10-12,14-15H2,1H3,(H2,23,24,29,30). The van der Waals surface area contributed by atoms with Crippen LogP contribution < -0.4 is 15.5 Å². The van der Waals surface area contributed by atoms with E-state index >= 15 is 0 Å². The van der Waals surface area contributed by atoms with Crippen LogP contribution in [-0.2, 0) is 11.3 Å². The third-order valence-electron chi connectivity index (χ3n) is 6.24. The number of hydrogen-bond acceptors (Lipinski definition) is 7. The highest BCUT2D eigenvalue weighted by Crippen LogP contribution is 2.26. The van der Waals surface area contributed by atoms with E-state index in [1.54, 1.807) is 6.26 Å². The number of carbonyl (C=O) groups excluding carboxylic acids is 2. The lowest BCUT2D eigenvalue weighted by molar-refractivity contribution is -0.117. The van der Waals surface area contributed by atoms with Crippen LogP contribution in [0, 0.1) is 5.92 Å². The zero-order valence-electron chi connectivity index (χ0n) is 18.6. The van der Waals surface area contributed by atoms with E-state index in [-0.39, 0.29) is 17.7 Å². The summed E-state index contributed by atoms with van der Waals surface area (Å²) in [6.07, 6.45) is 9.53. The first-order chi connectivity index (χ1) is 15.6. The summed E-state index contributed by atoms with van der Waals surface area (Å²) in [7, 11) is 0. The van der Waals surface area contributed by atoms with Crippen LogP contribution in [0.2, 0.25) is 0 Å². The lowest BCUT2D eigenvalue weighted by Gasteiger charge is -2.29. The van der Waals surface area contributed by atoms with Crippen LogP contribution in [0.25, 0.3) is 0 Å². The molecule has 2 fully saturated rings. The predicted molar refractivity (Wildman–Crippen MR) is 123 cm³/mol. The van der Waals surface area contributed by atoms with Crippen LogP contribution in [-0.4, -0.2) is 51.6 Å². The average molecular weight is 461 g/mol. The Bertz CT molecular complexity index is 894. The third kappa shape index (κ3) is 5.85. The summed E-state index contributed by atoms with van der Waals surface area (Å²) in [5.74, 6) is 1.78. The van der Waals surface area contributed by atoms with E-state index in [0.29, 0.717) is 17.6 Å². The molecule has 2 aliphatic rings. The largest absolute Gasteiger partial charge is 0.467 e. The maximum absolute atomic E-state index is 12.4. The first kappa shape index (κ1) is 22.7. The molecule has 1 aliphatic carbocycles. The Balaban J connectivity index is 1.36. The fraction of sp³-hybridized carbons (Fsp3) is 0.636. The van der Waals surface area contributed by atoms with Crippen molar-refractivity contribution >= 4 is 29.6 Å². The first-order valence-corrected chi connectivity index (χ1v) is 12.5. The molecule has 174 valence electrons. The molecule has 2 unspecified atom stereocenters. The number of nitrogens with zero attached hydrogens (tertiary/aromatic N) is 4. The molecule has 0 spiro atoms. The minimum absolute atomic E-state index is 0.0872. The number of piperidine rings is 1. The molecule has 3 heterocycles. The molecule has 32 heavy (non-hydrogen) atoms. The molecule has 1 saturated carbocycles. The van der Waals surface area contributed by atoms with Crippen LogP contribution >= 0.6 is 11.8 Å². The highest BCUT2D eigenvalue weighted by Gasteiger charge is 2.24. The molecule has 0 aromatic carbocycles. The summed E-state index contributed by atoms with van der Waals surface area (Å²) in [4.78, 5) is 26.9. The number of imide groups is 1. The fourth-order valence-electron chi connectivity index (χ4n) is 4.44. The normalized spacial score (nSPS) is 21.3. The highest BCUT2D eigenvalue weighted by molar-refractivity contribution is 7.99. The van der Waals surface area contributed by atoms with E-state index in [4.69, 9.17) is 4.42 Å². The Morgan fingerprint density at radius 1 is 1.16 bits per heavy atom. The van der Waals surface area contributed by atoms with Crippen molar-refractivity contribution in [3.8, 4) is 0 Å². The number of amides is 3. The fourth-order valence-corrected chi connectivity index (χ4v) is 5.17. The van der Waals surface area contributed by atoms with Gasteiger partial charge in [0.05, 0.1) is 18.6 Å². The van der Waals surface area contributed by atoms with Crippen LogP contribution in [0.15, 0.2) is 28.0 Å². The molecule has 1 saturated heterocycles. The molecular weight excluding hydrogens is 428 g/mol. The smallest absolute Gasteiger partial charge is 0.321 e. The van der Waals surface area contributed by atoms with Crippen LogP contribution in [0.3, 0.4) is 0 Å². The van der Waals surface area contributed by atoms with Gasteiger partial charge in [-0.25, -0.2) is 4.79 Å². The summed E-state index contributed by atoms with van der Waals surface area (Å²) < 4.78 is 7.52. The molecule has 4 rings (SSSR count). The van der Waals surface area contributed by atoms with Crippen molar-refractivity contribution in [3.63, 3.8) is 0 Å². The quantitative estimate of drug-likeness (QED) is 0.610. The van der Waals surface area contributed by atoms with Crippen molar-refractivity contribution in [3.05, 3.63) is 24.2 Å². The maximum Gasteiger partial charge on any atom is 0.321 e. The lowest BCUT2D eigenvalue weighted by atomic mass is 9.86. The van der Waals surface area contributed by atoms with Crippen molar-refractivity contribution in [1.29, 1.82) is 0 Å². The van der Waals surface area contributed by atoms with Crippen molar-refractivity contribution in [1.82, 2.24) is 25.4 Å². The zero-order chi connectivity index (χ0) is 22.3. The van der Waals surface area contributed by atoms with Gasteiger partial charge < -0.3 is 14.6 Å². The van der Waals surface area contributed by atoms with Gasteiger partial charge in [0.2, 0.25) is 11.9 Å². The molecule has 9 nitrogen and oxygen atoms in total. The van der Waals surface area contributed by atoms with Gasteiger partial charge in [-0.2, -0.15) is 0 Å². The molecular formula is C22H32N6O3S. The third-order valence-corrected chi connectivity index (χ3v) is 7.21. The lowest BCUT2D eigenvalue weighted by Crippen LogP contribution is -2.48. The van der Waals surface area contributed by atoms with E-state index in [9.17, 15) is 9.59 Å². The summed E-state index contributed by atoms with van der Waals surface area (Å²) >= 11 is 1.28. The molecule has 2 atom stereocenters. The summed E-state index contributed by atoms with van der Waals surface area (Å²) in [5, 5.41) is 14.8. The molecule has 2 aromatic heterocycles. The molecule has 2 N–H and O–H groups in total. The molecule has 0 radical (unpaired) electrons. The van der Waals surface area contributed by atoms with E-state index in [1.165, 1.54) is 24.6 Å². The Kier molecular flexibility index (Phi) is 7.72. The second-order valence-electron chi connectivity index (χ2n) is 8.67. The van der Waals surface area contributed by atoms with Crippen molar-refractivity contribution < 1.29 is 14.0 Å². The number of nitrogens with one attached hydrogen (secondary N) is 2. The average Bonchev–Trinajstić information content (AvgIpc) is 3.45. The second kappa shape index (κ2) is 10.9. The SMILES string of the molecule is CC1CCCCC1NC(=O)NC(=O)CSc1nnc(N2CCCCC2)n1Cc1ccco1. The number of anilines is 1. The van der Waals surface area contributed by atoms with Gasteiger partial charge in [-0.3, -0.25) is 14.7 Å². The van der Waals surface area contributed by atoms with E-state index < -0.39 is 6.03 Å². The number of urea groups is 1. The maximum atomic E-state index is 12.4. The highest BCUT2D eigenvalue weighted by atomic mass is 32.2. The van der Waals surface area contributed by atoms with Gasteiger partial charge in [-0.05, 0) is 50.2 Å². The summed E-state index contributed by atoms with van der Waals surface area (Å²) in [6, 6.07) is 3.48. The van der Waals surface area contributed by atoms with Crippen molar-refractivity contribution in [2.75, 3.05) is 23.7 Å². The molecule has 2 aromatic rings. The number of hydrogen-bond donors (Lipinski definition) is 2. The monoisotopic (exact) mass is 460 g/mol. The second-order valence-corrected chi connectivity index (χ2v) is 9.62. The van der Waals surface area contributed by atoms with Gasteiger partial charge >= 0.3 is 6.03 Å². The van der Waals surface area contributed by atoms with Gasteiger partial charge in [-0.1, -0.05) is 31.5 Å². The van der Waals surface area contributed by atoms with Crippen LogP contribution in [0.1, 0.15) is 57.6 Å². The molecule has 3 amide bonds. The number of rotatable bonds is 7. The number of aromatic nitrogens is 3. The minimum atomic E-state index is -0.416. The molecule has 0 bridgehead atoms. The van der Waals surface area contributed by atoms with Gasteiger partial charge in [0.1, 0.15) is 5.76 Å². The van der Waals surface area contributed by atoms with Gasteiger partial charge in [0.15, 0.2) is 5.16 Å². The Hall–Kier alpha value is -2.49. The zero-order valence-corrected chi connectivity index (χ0v) is 19.4. The van der Waals surface area contributed by atoms with Crippen molar-refractivity contribution in [2.45, 2.75) is 69.6 Å². The van der Waals surface area contributed by atoms with Crippen molar-refractivity contribution in [2.24, 2.45) is 5.92 Å². The topological polar surface area (TPSA) is 105 Å². The molecule has 10 heteroatoms. The summed E-state index contributed by atoms with van der Waals surface area (Å²) in [5.41, 5.74) is 0. The Morgan fingerprint density at radius 3 is 2.72 bits per heavy atom. The van der Waals surface area contributed by atoms with Crippen LogP contribution in [0.5, 0.6) is 0 Å². The number of carbonyl (C=O) groups is 2. The summed E-state index contributed by atoms with van der Waals surface area (Å²) in [6.45, 7) is 4.53. The number of thioether (sulfide) groups is 1. The first-order valence-electron chi connectivity index (χ1n) is 11.5. The predicted octanol–water partition coefficient (Wildman–Crippen LogP) is 3.41. The number of furan rings is 1. The minimum Gasteiger partial charge on any atom is -0.467 e. The van der Waals surface area contributed by atoms with Crippen LogP contribution in [0.4, 0.5) is 10.7 Å². The van der Waals surface area contributed by atoms with E-state index in [1.807, 2.05) is 16.7 Å².